The second-order valence-electron chi connectivity index (χ2n) is 8.00. The molecular weight excluding hydrogens is 470 g/mol. The molecule has 0 saturated heterocycles. The second-order valence-corrected chi connectivity index (χ2v) is 8.72. The SMILES string of the molecule is COc1cc(C=C2C(C)=C(CC(=O)NCc3cscn3)c3cc(F)ccc32)cc(OC)c1B(O)O. The highest BCUT2D eigenvalue weighted by molar-refractivity contribution is 7.07. The van der Waals surface area contributed by atoms with Crippen molar-refractivity contribution in [1.82, 2.24) is 10.3 Å². The monoisotopic (exact) mass is 494 g/mol. The summed E-state index contributed by atoms with van der Waals surface area (Å²) in [7, 11) is 1.09. The Morgan fingerprint density at radius 2 is 1.89 bits per heavy atom. The van der Waals surface area contributed by atoms with Crippen LogP contribution in [-0.4, -0.2) is 42.3 Å². The first-order valence-electron chi connectivity index (χ1n) is 10.8. The van der Waals surface area contributed by atoms with E-state index < -0.39 is 7.12 Å². The van der Waals surface area contributed by atoms with Crippen molar-refractivity contribution in [2.45, 2.75) is 19.9 Å². The Balaban J connectivity index is 1.72. The summed E-state index contributed by atoms with van der Waals surface area (Å²) in [4.78, 5) is 16.9. The number of thiazole rings is 1. The number of ether oxygens (including phenoxy) is 2. The summed E-state index contributed by atoms with van der Waals surface area (Å²) < 4.78 is 24.9. The Labute approximate surface area is 206 Å². The Morgan fingerprint density at radius 3 is 2.49 bits per heavy atom. The molecule has 0 spiro atoms. The Kier molecular flexibility index (Phi) is 7.35. The van der Waals surface area contributed by atoms with Crippen LogP contribution >= 0.6 is 11.3 Å². The van der Waals surface area contributed by atoms with E-state index in [1.165, 1.54) is 37.7 Å². The number of hydrogen-bond acceptors (Lipinski definition) is 7. The van der Waals surface area contributed by atoms with Gasteiger partial charge in [-0.25, -0.2) is 9.37 Å². The number of hydrogen-bond donors (Lipinski definition) is 3. The number of benzene rings is 2. The van der Waals surface area contributed by atoms with Crippen molar-refractivity contribution in [2.24, 2.45) is 0 Å². The lowest BCUT2D eigenvalue weighted by atomic mass is 9.78. The largest absolute Gasteiger partial charge is 0.497 e. The lowest BCUT2D eigenvalue weighted by molar-refractivity contribution is -0.120. The van der Waals surface area contributed by atoms with Crippen molar-refractivity contribution < 1.29 is 28.7 Å². The van der Waals surface area contributed by atoms with Gasteiger partial charge in [0.05, 0.1) is 43.9 Å². The van der Waals surface area contributed by atoms with E-state index in [-0.39, 0.29) is 35.1 Å². The van der Waals surface area contributed by atoms with Gasteiger partial charge >= 0.3 is 7.12 Å². The average Bonchev–Trinajstić information content (AvgIpc) is 3.44. The third-order valence-electron chi connectivity index (χ3n) is 5.88. The molecule has 3 aromatic rings. The zero-order valence-corrected chi connectivity index (χ0v) is 20.3. The van der Waals surface area contributed by atoms with E-state index >= 15 is 0 Å². The number of rotatable bonds is 8. The van der Waals surface area contributed by atoms with Gasteiger partial charge in [-0.05, 0) is 70.7 Å². The van der Waals surface area contributed by atoms with Crippen molar-refractivity contribution in [3.8, 4) is 11.5 Å². The Bertz CT molecular complexity index is 1300. The van der Waals surface area contributed by atoms with Crippen LogP contribution in [0, 0.1) is 5.82 Å². The minimum absolute atomic E-state index is 0.0893. The number of fused-ring (bicyclic) bond motifs is 1. The third-order valence-corrected chi connectivity index (χ3v) is 6.51. The fraction of sp³-hybridized carbons (Fsp3) is 0.200. The van der Waals surface area contributed by atoms with Gasteiger partial charge in [-0.3, -0.25) is 4.79 Å². The summed E-state index contributed by atoms with van der Waals surface area (Å²) in [5.74, 6) is -0.0603. The highest BCUT2D eigenvalue weighted by Crippen LogP contribution is 2.44. The summed E-state index contributed by atoms with van der Waals surface area (Å²) in [6.45, 7) is 2.23. The topological polar surface area (TPSA) is 101 Å². The highest BCUT2D eigenvalue weighted by Gasteiger charge is 2.27. The molecule has 180 valence electrons. The maximum atomic E-state index is 14.2. The predicted octanol–water partition coefficient (Wildman–Crippen LogP) is 3.01. The number of allylic oxidation sites excluding steroid dienone is 2. The molecule has 1 aliphatic rings. The van der Waals surface area contributed by atoms with E-state index in [2.05, 4.69) is 10.3 Å². The van der Waals surface area contributed by atoms with E-state index in [0.29, 0.717) is 17.7 Å². The van der Waals surface area contributed by atoms with Gasteiger partial charge in [0.25, 0.3) is 0 Å². The van der Waals surface area contributed by atoms with E-state index in [4.69, 9.17) is 9.47 Å². The molecule has 1 amide bonds. The zero-order valence-electron chi connectivity index (χ0n) is 19.5. The second kappa shape index (κ2) is 10.4. The fourth-order valence-electron chi connectivity index (χ4n) is 4.18. The quantitative estimate of drug-likeness (QED) is 0.417. The minimum atomic E-state index is -1.77. The van der Waals surface area contributed by atoms with E-state index in [1.807, 2.05) is 18.4 Å². The van der Waals surface area contributed by atoms with Crippen molar-refractivity contribution in [2.75, 3.05) is 14.2 Å². The van der Waals surface area contributed by atoms with Gasteiger partial charge in [0.2, 0.25) is 5.91 Å². The van der Waals surface area contributed by atoms with Gasteiger partial charge in [-0.1, -0.05) is 6.07 Å². The van der Waals surface area contributed by atoms with Crippen LogP contribution < -0.4 is 20.3 Å². The molecule has 1 heterocycles. The molecule has 0 fully saturated rings. The number of nitrogens with zero attached hydrogens (tertiary/aromatic N) is 1. The Hall–Kier alpha value is -3.47. The first-order valence-corrected chi connectivity index (χ1v) is 11.7. The molecule has 35 heavy (non-hydrogen) atoms. The molecule has 0 saturated carbocycles. The predicted molar refractivity (Wildman–Crippen MR) is 135 cm³/mol. The molecule has 1 aromatic heterocycles. The zero-order chi connectivity index (χ0) is 25.1. The number of halogens is 1. The van der Waals surface area contributed by atoms with E-state index in [9.17, 15) is 19.2 Å². The summed E-state index contributed by atoms with van der Waals surface area (Å²) in [5, 5.41) is 24.2. The van der Waals surface area contributed by atoms with Gasteiger partial charge in [0.1, 0.15) is 17.3 Å². The molecule has 0 bridgehead atoms. The summed E-state index contributed by atoms with van der Waals surface area (Å²) >= 11 is 1.46. The van der Waals surface area contributed by atoms with Crippen LogP contribution in [0.5, 0.6) is 11.5 Å². The molecular formula is C25H24BFN2O5S. The normalized spacial score (nSPS) is 13.7. The van der Waals surface area contributed by atoms with Crippen LogP contribution in [0.15, 0.2) is 46.8 Å². The summed E-state index contributed by atoms with van der Waals surface area (Å²) in [5.41, 5.74) is 7.17. The summed E-state index contributed by atoms with van der Waals surface area (Å²) in [6, 6.07) is 7.85. The van der Waals surface area contributed by atoms with Gasteiger partial charge in [-0.15, -0.1) is 11.3 Å². The smallest absolute Gasteiger partial charge is 0.496 e. The van der Waals surface area contributed by atoms with Crippen LogP contribution in [-0.2, 0) is 11.3 Å². The number of nitrogens with one attached hydrogen (secondary N) is 1. The van der Waals surface area contributed by atoms with Gasteiger partial charge in [-0.2, -0.15) is 0 Å². The Morgan fingerprint density at radius 1 is 1.17 bits per heavy atom. The molecule has 3 N–H and O–H groups in total. The molecule has 0 radical (unpaired) electrons. The molecule has 0 aliphatic heterocycles. The number of carbonyl (C=O) groups excluding carboxylic acids is 1. The first kappa shape index (κ1) is 24.7. The lowest BCUT2D eigenvalue weighted by Gasteiger charge is -2.14. The average molecular weight is 494 g/mol. The number of carbonyl (C=O) groups is 1. The van der Waals surface area contributed by atoms with E-state index in [0.717, 1.165) is 28.0 Å². The maximum Gasteiger partial charge on any atom is 0.496 e. The number of aromatic nitrogens is 1. The summed E-state index contributed by atoms with van der Waals surface area (Å²) in [6.07, 6.45) is 1.97. The van der Waals surface area contributed by atoms with E-state index in [1.54, 1.807) is 23.7 Å². The first-order chi connectivity index (χ1) is 16.8. The highest BCUT2D eigenvalue weighted by atomic mass is 32.1. The minimum Gasteiger partial charge on any atom is -0.497 e. The van der Waals surface area contributed by atoms with Crippen molar-refractivity contribution >= 4 is 47.0 Å². The van der Waals surface area contributed by atoms with Crippen LogP contribution in [0.3, 0.4) is 0 Å². The van der Waals surface area contributed by atoms with Crippen molar-refractivity contribution in [1.29, 1.82) is 0 Å². The molecule has 0 atom stereocenters. The molecule has 4 rings (SSSR count). The number of methoxy groups -OCH3 is 2. The van der Waals surface area contributed by atoms with Crippen LogP contribution in [0.4, 0.5) is 4.39 Å². The maximum absolute atomic E-state index is 14.2. The van der Waals surface area contributed by atoms with Crippen molar-refractivity contribution in [3.63, 3.8) is 0 Å². The van der Waals surface area contributed by atoms with Gasteiger partial charge in [0, 0.05) is 5.38 Å². The lowest BCUT2D eigenvalue weighted by Crippen LogP contribution is -2.32. The number of amides is 1. The third kappa shape index (κ3) is 5.14. The molecule has 10 heteroatoms. The molecule has 1 aliphatic carbocycles. The molecule has 2 aromatic carbocycles. The van der Waals surface area contributed by atoms with Crippen LogP contribution in [0.1, 0.15) is 35.7 Å². The standard InChI is InChI=1S/C25H24BFN2O5S/c1-14-19(6-15-7-22(33-2)25(26(31)32)23(8-15)34-3)18-5-4-16(27)9-21(18)20(14)10-24(30)28-11-17-12-35-13-29-17/h4-9,12-13,31-32H,10-11H2,1-3H3,(H,28,30). The van der Waals surface area contributed by atoms with Crippen LogP contribution in [0.2, 0.25) is 0 Å². The van der Waals surface area contributed by atoms with Gasteiger partial charge in [0.15, 0.2) is 0 Å². The van der Waals surface area contributed by atoms with Gasteiger partial charge < -0.3 is 24.8 Å². The van der Waals surface area contributed by atoms with Crippen molar-refractivity contribution in [3.05, 3.63) is 75.0 Å². The fourth-order valence-corrected chi connectivity index (χ4v) is 4.74. The van der Waals surface area contributed by atoms with Crippen LogP contribution in [0.25, 0.3) is 17.2 Å². The molecule has 0 unspecified atom stereocenters. The molecule has 7 nitrogen and oxygen atoms in total.